The zero-order valence-electron chi connectivity index (χ0n) is 10.4. The van der Waals surface area contributed by atoms with Crippen LogP contribution in [-0.4, -0.2) is 9.91 Å². The number of nitro groups is 1. The molecule has 2 rings (SSSR count). The highest BCUT2D eigenvalue weighted by Gasteiger charge is 2.18. The van der Waals surface area contributed by atoms with Crippen molar-refractivity contribution in [3.63, 3.8) is 0 Å². The number of hydrogen-bond donors (Lipinski definition) is 1. The summed E-state index contributed by atoms with van der Waals surface area (Å²) < 4.78 is 0.587. The summed E-state index contributed by atoms with van der Waals surface area (Å²) in [6, 6.07) is 5.47. The lowest BCUT2D eigenvalue weighted by Crippen LogP contribution is -2.08. The third kappa shape index (κ3) is 3.30. The van der Waals surface area contributed by atoms with Crippen LogP contribution in [0.5, 0.6) is 0 Å². The normalized spacial score (nSPS) is 12.2. The molecular weight excluding hydrogens is 330 g/mol. The molecule has 2 aromatic rings. The molecule has 1 atom stereocenters. The van der Waals surface area contributed by atoms with Gasteiger partial charge in [0, 0.05) is 26.5 Å². The quantitative estimate of drug-likeness (QED) is 0.665. The summed E-state index contributed by atoms with van der Waals surface area (Å²) >= 11 is 4.85. The van der Waals surface area contributed by atoms with E-state index in [0.717, 1.165) is 4.88 Å². The highest BCUT2D eigenvalue weighted by molar-refractivity contribution is 9.10. The molecule has 0 amide bonds. The monoisotopic (exact) mass is 341 g/mol. The van der Waals surface area contributed by atoms with E-state index in [1.165, 1.54) is 10.9 Å². The minimum Gasteiger partial charge on any atom is -0.357 e. The third-order valence-corrected chi connectivity index (χ3v) is 4.19. The van der Waals surface area contributed by atoms with Crippen LogP contribution in [-0.2, 0) is 0 Å². The molecule has 0 aliphatic heterocycles. The van der Waals surface area contributed by atoms with Gasteiger partial charge in [0.15, 0.2) is 0 Å². The second-order valence-electron chi connectivity index (χ2n) is 4.09. The van der Waals surface area contributed by atoms with Crippen LogP contribution in [0.4, 0.5) is 11.5 Å². The van der Waals surface area contributed by atoms with Gasteiger partial charge in [-0.05, 0) is 41.9 Å². The van der Waals surface area contributed by atoms with Gasteiger partial charge in [-0.1, -0.05) is 0 Å². The highest BCUT2D eigenvalue weighted by atomic mass is 79.9. The molecular formula is C12H12BrN3O2S. The molecule has 100 valence electrons. The maximum absolute atomic E-state index is 11.0. The van der Waals surface area contributed by atoms with Crippen LogP contribution in [0.15, 0.2) is 28.9 Å². The minimum absolute atomic E-state index is 0.0222. The lowest BCUT2D eigenvalue weighted by Gasteiger charge is -2.12. The van der Waals surface area contributed by atoms with Gasteiger partial charge in [0.2, 0.25) is 5.82 Å². The van der Waals surface area contributed by atoms with E-state index >= 15 is 0 Å². The molecule has 0 aliphatic rings. The number of thiophene rings is 1. The number of aromatic nitrogens is 1. The van der Waals surface area contributed by atoms with Crippen molar-refractivity contribution in [2.75, 3.05) is 5.32 Å². The van der Waals surface area contributed by atoms with Gasteiger partial charge < -0.3 is 5.32 Å². The Morgan fingerprint density at radius 3 is 2.84 bits per heavy atom. The van der Waals surface area contributed by atoms with Crippen molar-refractivity contribution in [3.05, 3.63) is 48.7 Å². The molecule has 1 N–H and O–H groups in total. The third-order valence-electron chi connectivity index (χ3n) is 2.57. The zero-order valence-corrected chi connectivity index (χ0v) is 12.8. The molecule has 0 spiro atoms. The van der Waals surface area contributed by atoms with Gasteiger partial charge in [0.1, 0.15) is 0 Å². The van der Waals surface area contributed by atoms with Crippen molar-refractivity contribution >= 4 is 38.8 Å². The van der Waals surface area contributed by atoms with Crippen LogP contribution >= 0.6 is 27.3 Å². The standard InChI is InChI=1S/C12H12BrN3O2S/c1-7-3-4-11(19-7)8(2)15-12-10(16(17)18)5-9(13)6-14-12/h3-6,8H,1-2H3,(H,14,15). The number of rotatable bonds is 4. The summed E-state index contributed by atoms with van der Waals surface area (Å²) in [6.45, 7) is 3.99. The van der Waals surface area contributed by atoms with Gasteiger partial charge >= 0.3 is 5.69 Å². The van der Waals surface area contributed by atoms with E-state index in [-0.39, 0.29) is 17.5 Å². The highest BCUT2D eigenvalue weighted by Crippen LogP contribution is 2.30. The van der Waals surface area contributed by atoms with Gasteiger partial charge in [-0.15, -0.1) is 11.3 Å². The Kier molecular flexibility index (Phi) is 4.16. The first-order valence-corrected chi connectivity index (χ1v) is 7.21. The molecule has 1 unspecified atom stereocenters. The van der Waals surface area contributed by atoms with E-state index in [9.17, 15) is 10.1 Å². The van der Waals surface area contributed by atoms with Gasteiger partial charge in [-0.3, -0.25) is 10.1 Å². The Bertz CT molecular complexity index is 615. The minimum atomic E-state index is -0.438. The number of aryl methyl sites for hydroxylation is 1. The number of nitrogens with one attached hydrogen (secondary N) is 1. The average molecular weight is 342 g/mol. The predicted molar refractivity (Wildman–Crippen MR) is 79.7 cm³/mol. The van der Waals surface area contributed by atoms with Crippen molar-refractivity contribution in [2.45, 2.75) is 19.9 Å². The fraction of sp³-hybridized carbons (Fsp3) is 0.250. The second-order valence-corrected chi connectivity index (χ2v) is 6.33. The molecule has 0 radical (unpaired) electrons. The fourth-order valence-electron chi connectivity index (χ4n) is 1.64. The molecule has 2 aromatic heterocycles. The van der Waals surface area contributed by atoms with Crippen molar-refractivity contribution in [1.29, 1.82) is 0 Å². The maximum Gasteiger partial charge on any atom is 0.312 e. The maximum atomic E-state index is 11.0. The molecule has 0 aromatic carbocycles. The van der Waals surface area contributed by atoms with E-state index < -0.39 is 4.92 Å². The fourth-order valence-corrected chi connectivity index (χ4v) is 2.84. The Morgan fingerprint density at radius 1 is 1.53 bits per heavy atom. The van der Waals surface area contributed by atoms with E-state index in [1.54, 1.807) is 17.5 Å². The lowest BCUT2D eigenvalue weighted by molar-refractivity contribution is -0.384. The summed E-state index contributed by atoms with van der Waals surface area (Å²) in [6.07, 6.45) is 1.54. The summed E-state index contributed by atoms with van der Waals surface area (Å²) in [5.41, 5.74) is -0.0329. The van der Waals surface area contributed by atoms with Gasteiger partial charge in [0.05, 0.1) is 11.0 Å². The van der Waals surface area contributed by atoms with Crippen LogP contribution in [0.1, 0.15) is 22.7 Å². The molecule has 0 saturated carbocycles. The van der Waals surface area contributed by atoms with Crippen molar-refractivity contribution in [3.8, 4) is 0 Å². The molecule has 5 nitrogen and oxygen atoms in total. The Balaban J connectivity index is 2.26. The smallest absolute Gasteiger partial charge is 0.312 e. The second kappa shape index (κ2) is 5.66. The molecule has 0 fully saturated rings. The SMILES string of the molecule is Cc1ccc(C(C)Nc2ncc(Br)cc2[N+](=O)[O-])s1. The molecule has 19 heavy (non-hydrogen) atoms. The molecule has 0 saturated heterocycles. The summed E-state index contributed by atoms with van der Waals surface area (Å²) in [5, 5.41) is 14.1. The topological polar surface area (TPSA) is 68.1 Å². The Hall–Kier alpha value is -1.47. The molecule has 7 heteroatoms. The number of pyridine rings is 1. The summed E-state index contributed by atoms with van der Waals surface area (Å²) in [4.78, 5) is 17.0. The zero-order chi connectivity index (χ0) is 14.0. The van der Waals surface area contributed by atoms with Crippen LogP contribution in [0.25, 0.3) is 0 Å². The van der Waals surface area contributed by atoms with Gasteiger partial charge in [-0.25, -0.2) is 4.98 Å². The number of hydrogen-bond acceptors (Lipinski definition) is 5. The molecule has 0 aliphatic carbocycles. The Labute approximate surface area is 123 Å². The van der Waals surface area contributed by atoms with Crippen LogP contribution in [0, 0.1) is 17.0 Å². The summed E-state index contributed by atoms with van der Waals surface area (Å²) in [7, 11) is 0. The lowest BCUT2D eigenvalue weighted by atomic mass is 10.2. The van der Waals surface area contributed by atoms with Crippen LogP contribution < -0.4 is 5.32 Å². The predicted octanol–water partition coefficient (Wildman–Crippen LogP) is 4.30. The van der Waals surface area contributed by atoms with Gasteiger partial charge in [0.25, 0.3) is 0 Å². The largest absolute Gasteiger partial charge is 0.357 e. The van der Waals surface area contributed by atoms with Crippen molar-refractivity contribution < 1.29 is 4.92 Å². The summed E-state index contributed by atoms with van der Waals surface area (Å²) in [5.74, 6) is 0.284. The average Bonchev–Trinajstić information content (AvgIpc) is 2.78. The number of anilines is 1. The molecule has 2 heterocycles. The molecule has 0 bridgehead atoms. The van der Waals surface area contributed by atoms with E-state index in [4.69, 9.17) is 0 Å². The van der Waals surface area contributed by atoms with E-state index in [2.05, 4.69) is 26.2 Å². The first-order valence-electron chi connectivity index (χ1n) is 5.60. The van der Waals surface area contributed by atoms with Crippen LogP contribution in [0.3, 0.4) is 0 Å². The number of halogens is 1. The van der Waals surface area contributed by atoms with Crippen molar-refractivity contribution in [2.24, 2.45) is 0 Å². The van der Waals surface area contributed by atoms with E-state index in [1.807, 2.05) is 26.0 Å². The van der Waals surface area contributed by atoms with E-state index in [0.29, 0.717) is 4.47 Å². The van der Waals surface area contributed by atoms with Crippen molar-refractivity contribution in [1.82, 2.24) is 4.98 Å². The Morgan fingerprint density at radius 2 is 2.26 bits per heavy atom. The first kappa shape index (κ1) is 14.0. The first-order chi connectivity index (χ1) is 8.97. The number of nitrogens with zero attached hydrogens (tertiary/aromatic N) is 2. The van der Waals surface area contributed by atoms with Gasteiger partial charge in [-0.2, -0.15) is 0 Å². The van der Waals surface area contributed by atoms with Crippen LogP contribution in [0.2, 0.25) is 0 Å².